The van der Waals surface area contributed by atoms with Gasteiger partial charge in [-0.2, -0.15) is 0 Å². The van der Waals surface area contributed by atoms with Gasteiger partial charge in [0.1, 0.15) is 0 Å². The third-order valence-corrected chi connectivity index (χ3v) is 5.00. The number of aliphatic imine (C=N–C) groups is 2. The van der Waals surface area contributed by atoms with E-state index in [1.54, 1.807) is 12.4 Å². The van der Waals surface area contributed by atoms with Crippen molar-refractivity contribution in [2.75, 3.05) is 0 Å². The van der Waals surface area contributed by atoms with E-state index >= 15 is 0 Å². The molecular weight excluding hydrogens is 423 g/mol. The molecule has 2 aromatic rings. The van der Waals surface area contributed by atoms with Gasteiger partial charge in [-0.25, -0.2) is 0 Å². The normalized spacial score (nSPS) is 10.8. The molecule has 0 aliphatic heterocycles. The van der Waals surface area contributed by atoms with Gasteiger partial charge in [0.15, 0.2) is 0 Å². The van der Waals surface area contributed by atoms with Crippen molar-refractivity contribution in [1.29, 1.82) is 0 Å². The van der Waals surface area contributed by atoms with Gasteiger partial charge in [-0.1, -0.05) is 63.3 Å². The molecule has 0 fully saturated rings. The molecule has 0 unspecified atom stereocenters. The van der Waals surface area contributed by atoms with Gasteiger partial charge in [-0.3, -0.25) is 9.98 Å². The maximum Gasteiger partial charge on any atom is 0.0662 e. The molecule has 0 N–H and O–H groups in total. The van der Waals surface area contributed by atoms with Crippen molar-refractivity contribution in [1.82, 2.24) is 0 Å². The van der Waals surface area contributed by atoms with E-state index in [4.69, 9.17) is 0 Å². The number of unbranched alkanes of at least 4 members (excludes halogenated alkanes) is 6. The monoisotopic (exact) mass is 458 g/mol. The van der Waals surface area contributed by atoms with Crippen LogP contribution in [0, 0.1) is 25.7 Å². The van der Waals surface area contributed by atoms with Gasteiger partial charge in [0, 0.05) is 41.8 Å². The van der Waals surface area contributed by atoms with Crippen molar-refractivity contribution in [2.24, 2.45) is 9.98 Å². The molecule has 0 bridgehead atoms. The van der Waals surface area contributed by atoms with Gasteiger partial charge in [0.2, 0.25) is 0 Å². The predicted molar refractivity (Wildman–Crippen MR) is 133 cm³/mol. The molecule has 168 valence electrons. The Labute approximate surface area is 199 Å². The van der Waals surface area contributed by atoms with E-state index in [-0.39, 0.29) is 16.5 Å². The fraction of sp³-hybridized carbons (Fsp3) is 0.429. The Hall–Kier alpha value is -2.17. The average Bonchev–Trinajstić information content (AvgIpc) is 2.73. The van der Waals surface area contributed by atoms with Crippen molar-refractivity contribution in [3.8, 4) is 11.8 Å². The van der Waals surface area contributed by atoms with Crippen molar-refractivity contribution in [3.63, 3.8) is 0 Å². The summed E-state index contributed by atoms with van der Waals surface area (Å²) in [6.07, 6.45) is 14.4. The third-order valence-electron chi connectivity index (χ3n) is 5.00. The summed E-state index contributed by atoms with van der Waals surface area (Å²) in [6.45, 7) is 6.44. The Morgan fingerprint density at radius 2 is 1.42 bits per heavy atom. The molecule has 31 heavy (non-hydrogen) atoms. The van der Waals surface area contributed by atoms with Crippen molar-refractivity contribution in [3.05, 3.63) is 59.2 Å². The van der Waals surface area contributed by atoms with Crippen LogP contribution in [-0.4, -0.2) is 12.4 Å². The summed E-state index contributed by atoms with van der Waals surface area (Å²) in [6, 6.07) is 14.6. The minimum Gasteiger partial charge on any atom is -0.255 e. The first-order chi connectivity index (χ1) is 14.7. The Kier molecular flexibility index (Phi) is 14.3. The molecule has 0 radical (unpaired) electrons. The Morgan fingerprint density at radius 3 is 2.19 bits per heavy atom. The van der Waals surface area contributed by atoms with Crippen LogP contribution in [-0.2, 0) is 22.9 Å². The minimum absolute atomic E-state index is 0. The number of hydrogen-bond donors (Lipinski definition) is 0. The number of para-hydroxylation sites is 1. The first kappa shape index (κ1) is 26.9. The Morgan fingerprint density at radius 1 is 0.774 bits per heavy atom. The van der Waals surface area contributed by atoms with E-state index in [1.165, 1.54) is 55.2 Å². The quantitative estimate of drug-likeness (QED) is 0.140. The summed E-state index contributed by atoms with van der Waals surface area (Å²) in [7, 11) is 0. The van der Waals surface area contributed by atoms with Crippen LogP contribution in [0.25, 0.3) is 0 Å². The molecule has 0 spiro atoms. The van der Waals surface area contributed by atoms with Crippen LogP contribution in [0.15, 0.2) is 52.4 Å². The Balaban J connectivity index is 0.00000480. The third kappa shape index (κ3) is 11.7. The fourth-order valence-corrected chi connectivity index (χ4v) is 3.47. The minimum atomic E-state index is 0. The molecule has 3 heteroatoms. The summed E-state index contributed by atoms with van der Waals surface area (Å²) < 4.78 is 0. The van der Waals surface area contributed by atoms with Crippen molar-refractivity contribution < 1.29 is 16.5 Å². The largest absolute Gasteiger partial charge is 0.255 e. The van der Waals surface area contributed by atoms with Crippen LogP contribution in [0.5, 0.6) is 0 Å². The SMILES string of the molecule is CCCCCCCCC#CCCc1ccccc1N=CC=Nc1cc(C)cc(C)c1.[Ni]. The zero-order chi connectivity index (χ0) is 21.4. The summed E-state index contributed by atoms with van der Waals surface area (Å²) in [4.78, 5) is 9.11. The first-order valence-corrected chi connectivity index (χ1v) is 11.4. The van der Waals surface area contributed by atoms with Gasteiger partial charge in [-0.05, 0) is 61.6 Å². The number of rotatable bonds is 11. The van der Waals surface area contributed by atoms with Gasteiger partial charge in [0.05, 0.1) is 11.4 Å². The van der Waals surface area contributed by atoms with Crippen LogP contribution >= 0.6 is 0 Å². The molecule has 0 aromatic heterocycles. The standard InChI is InChI=1S/C28H36N2.Ni/c1-4-5-6-7-8-9-10-11-12-13-16-26-17-14-15-18-28(26)30-20-19-29-27-22-24(2)21-25(3)23-27;/h14-15,17-23H,4-10,13,16H2,1-3H3;. The number of aryl methyl sites for hydroxylation is 3. The topological polar surface area (TPSA) is 24.7 Å². The molecule has 2 nitrogen and oxygen atoms in total. The van der Waals surface area contributed by atoms with Crippen LogP contribution in [0.3, 0.4) is 0 Å². The molecule has 0 aliphatic rings. The second-order valence-corrected chi connectivity index (χ2v) is 7.90. The summed E-state index contributed by atoms with van der Waals surface area (Å²) in [5.41, 5.74) is 5.65. The molecule has 0 saturated heterocycles. The molecule has 0 atom stereocenters. The van der Waals surface area contributed by atoms with Gasteiger partial charge in [-0.15, -0.1) is 11.8 Å². The van der Waals surface area contributed by atoms with E-state index < -0.39 is 0 Å². The maximum atomic E-state index is 4.61. The van der Waals surface area contributed by atoms with Gasteiger partial charge < -0.3 is 0 Å². The molecule has 2 rings (SSSR count). The van der Waals surface area contributed by atoms with Crippen LogP contribution in [0.2, 0.25) is 0 Å². The summed E-state index contributed by atoms with van der Waals surface area (Å²) in [5.74, 6) is 6.67. The smallest absolute Gasteiger partial charge is 0.0662 e. The zero-order valence-electron chi connectivity index (χ0n) is 19.3. The Bertz CT molecular complexity index is 867. The summed E-state index contributed by atoms with van der Waals surface area (Å²) in [5, 5.41) is 0. The van der Waals surface area contributed by atoms with Crippen LogP contribution in [0.1, 0.15) is 75.0 Å². The summed E-state index contributed by atoms with van der Waals surface area (Å²) >= 11 is 0. The molecule has 0 saturated carbocycles. The maximum absolute atomic E-state index is 4.61. The van der Waals surface area contributed by atoms with Crippen LogP contribution < -0.4 is 0 Å². The molecule has 0 aliphatic carbocycles. The van der Waals surface area contributed by atoms with Crippen molar-refractivity contribution in [2.45, 2.75) is 78.6 Å². The van der Waals surface area contributed by atoms with Gasteiger partial charge in [0.25, 0.3) is 0 Å². The molecule has 0 amide bonds. The number of nitrogens with zero attached hydrogens (tertiary/aromatic N) is 2. The average molecular weight is 459 g/mol. The van der Waals surface area contributed by atoms with E-state index in [2.05, 4.69) is 79.0 Å². The first-order valence-electron chi connectivity index (χ1n) is 11.4. The van der Waals surface area contributed by atoms with E-state index in [0.29, 0.717) is 0 Å². The fourth-order valence-electron chi connectivity index (χ4n) is 3.47. The van der Waals surface area contributed by atoms with Crippen molar-refractivity contribution >= 4 is 23.8 Å². The predicted octanol–water partition coefficient (Wildman–Crippen LogP) is 8.09. The molecular formula is C28H36N2Ni. The number of hydrogen-bond acceptors (Lipinski definition) is 2. The second-order valence-electron chi connectivity index (χ2n) is 7.90. The van der Waals surface area contributed by atoms with E-state index in [0.717, 1.165) is 30.6 Å². The van der Waals surface area contributed by atoms with Gasteiger partial charge >= 0.3 is 0 Å². The zero-order valence-corrected chi connectivity index (χ0v) is 20.3. The number of benzene rings is 2. The second kappa shape index (κ2) is 16.5. The van der Waals surface area contributed by atoms with Crippen LogP contribution in [0.4, 0.5) is 11.4 Å². The molecule has 0 heterocycles. The van der Waals surface area contributed by atoms with E-state index in [9.17, 15) is 0 Å². The molecule has 2 aromatic carbocycles. The van der Waals surface area contributed by atoms with E-state index in [1.807, 2.05) is 6.07 Å².